The Morgan fingerprint density at radius 3 is 2.30 bits per heavy atom. The zero-order chi connectivity index (χ0) is 14.5. The van der Waals surface area contributed by atoms with Crippen LogP contribution in [0.4, 0.5) is 15.8 Å². The molecule has 104 valence electrons. The third-order valence-electron chi connectivity index (χ3n) is 2.95. The van der Waals surface area contributed by atoms with Gasteiger partial charge in [0.2, 0.25) is 0 Å². The molecule has 0 saturated carbocycles. The first-order valence-electron chi connectivity index (χ1n) is 6.30. The molecule has 20 heavy (non-hydrogen) atoms. The van der Waals surface area contributed by atoms with Crippen LogP contribution in [0.25, 0.3) is 0 Å². The average molecular weight is 274 g/mol. The van der Waals surface area contributed by atoms with Crippen LogP contribution in [0.1, 0.15) is 12.5 Å². The summed E-state index contributed by atoms with van der Waals surface area (Å²) in [6.07, 6.45) is 0.747. The Kier molecular flexibility index (Phi) is 4.30. The summed E-state index contributed by atoms with van der Waals surface area (Å²) in [4.78, 5) is 10.1. The molecule has 0 aliphatic rings. The van der Waals surface area contributed by atoms with Gasteiger partial charge in [0.25, 0.3) is 5.69 Å². The molecule has 0 radical (unpaired) electrons. The van der Waals surface area contributed by atoms with Gasteiger partial charge in [-0.05, 0) is 43.2 Å². The smallest absolute Gasteiger partial charge is 0.269 e. The van der Waals surface area contributed by atoms with E-state index in [2.05, 4.69) is 5.32 Å². The van der Waals surface area contributed by atoms with Crippen LogP contribution in [0, 0.1) is 15.9 Å². The summed E-state index contributed by atoms with van der Waals surface area (Å²) in [5.74, 6) is -0.246. The van der Waals surface area contributed by atoms with E-state index in [-0.39, 0.29) is 17.5 Å². The van der Waals surface area contributed by atoms with Gasteiger partial charge in [-0.3, -0.25) is 10.1 Å². The van der Waals surface area contributed by atoms with Crippen molar-refractivity contribution >= 4 is 11.4 Å². The first kappa shape index (κ1) is 14.0. The van der Waals surface area contributed by atoms with E-state index in [0.29, 0.717) is 0 Å². The van der Waals surface area contributed by atoms with Crippen molar-refractivity contribution in [3.8, 4) is 0 Å². The monoisotopic (exact) mass is 274 g/mol. The van der Waals surface area contributed by atoms with Gasteiger partial charge in [0, 0.05) is 23.9 Å². The molecular formula is C15H15FN2O2. The number of nitrogens with zero attached hydrogens (tertiary/aromatic N) is 1. The third kappa shape index (κ3) is 3.78. The van der Waals surface area contributed by atoms with Gasteiger partial charge in [-0.1, -0.05) is 12.1 Å². The second-order valence-electron chi connectivity index (χ2n) is 4.68. The lowest BCUT2D eigenvalue weighted by atomic mass is 10.1. The highest BCUT2D eigenvalue weighted by atomic mass is 19.1. The fourth-order valence-electron chi connectivity index (χ4n) is 1.99. The lowest BCUT2D eigenvalue weighted by molar-refractivity contribution is -0.384. The molecule has 1 atom stereocenters. The molecule has 0 amide bonds. The number of benzene rings is 2. The van der Waals surface area contributed by atoms with Gasteiger partial charge in [0.15, 0.2) is 0 Å². The van der Waals surface area contributed by atoms with E-state index in [0.717, 1.165) is 17.7 Å². The predicted octanol–water partition coefficient (Wildman–Crippen LogP) is 3.78. The minimum absolute atomic E-state index is 0.0711. The van der Waals surface area contributed by atoms with Crippen molar-refractivity contribution in [1.29, 1.82) is 0 Å². The van der Waals surface area contributed by atoms with Crippen LogP contribution in [0.5, 0.6) is 0 Å². The second kappa shape index (κ2) is 6.14. The predicted molar refractivity (Wildman–Crippen MR) is 76.3 cm³/mol. The highest BCUT2D eigenvalue weighted by Crippen LogP contribution is 2.17. The normalized spacial score (nSPS) is 11.9. The molecular weight excluding hydrogens is 259 g/mol. The average Bonchev–Trinajstić information content (AvgIpc) is 2.42. The van der Waals surface area contributed by atoms with Crippen molar-refractivity contribution in [2.45, 2.75) is 19.4 Å². The number of nitro benzene ring substituents is 1. The zero-order valence-corrected chi connectivity index (χ0v) is 11.0. The summed E-state index contributed by atoms with van der Waals surface area (Å²) in [5, 5.41) is 13.8. The van der Waals surface area contributed by atoms with E-state index in [1.54, 1.807) is 24.3 Å². The summed E-state index contributed by atoms with van der Waals surface area (Å²) in [5.41, 5.74) is 1.93. The van der Waals surface area contributed by atoms with Crippen molar-refractivity contribution in [2.24, 2.45) is 0 Å². The Bertz CT molecular complexity index is 582. The quantitative estimate of drug-likeness (QED) is 0.667. The Balaban J connectivity index is 1.95. The van der Waals surface area contributed by atoms with Gasteiger partial charge in [0.05, 0.1) is 4.92 Å². The van der Waals surface area contributed by atoms with Crippen molar-refractivity contribution in [3.63, 3.8) is 0 Å². The molecule has 0 aromatic heterocycles. The number of halogens is 1. The van der Waals surface area contributed by atoms with Gasteiger partial charge < -0.3 is 5.32 Å². The van der Waals surface area contributed by atoms with Crippen molar-refractivity contribution in [3.05, 3.63) is 70.0 Å². The van der Waals surface area contributed by atoms with Crippen LogP contribution in [0.15, 0.2) is 48.5 Å². The molecule has 1 N–H and O–H groups in total. The van der Waals surface area contributed by atoms with Crippen LogP contribution < -0.4 is 5.32 Å². The highest BCUT2D eigenvalue weighted by molar-refractivity contribution is 5.49. The van der Waals surface area contributed by atoms with Crippen LogP contribution in [0.2, 0.25) is 0 Å². The first-order valence-corrected chi connectivity index (χ1v) is 6.30. The number of rotatable bonds is 5. The summed E-state index contributed by atoms with van der Waals surface area (Å²) >= 11 is 0. The number of nitro groups is 1. The van der Waals surface area contributed by atoms with Crippen LogP contribution in [0.3, 0.4) is 0 Å². The van der Waals surface area contributed by atoms with Crippen LogP contribution >= 0.6 is 0 Å². The lowest BCUT2D eigenvalue weighted by Gasteiger charge is -2.15. The van der Waals surface area contributed by atoms with Gasteiger partial charge >= 0.3 is 0 Å². The van der Waals surface area contributed by atoms with Gasteiger partial charge in [-0.15, -0.1) is 0 Å². The van der Waals surface area contributed by atoms with Gasteiger partial charge in [0.1, 0.15) is 5.82 Å². The molecule has 5 heteroatoms. The lowest BCUT2D eigenvalue weighted by Crippen LogP contribution is -2.17. The summed E-state index contributed by atoms with van der Waals surface area (Å²) in [6.45, 7) is 2.00. The fraction of sp³-hybridized carbons (Fsp3) is 0.200. The molecule has 0 aliphatic carbocycles. The molecule has 0 fully saturated rings. The Labute approximate surface area is 116 Å². The Morgan fingerprint density at radius 2 is 1.75 bits per heavy atom. The molecule has 0 saturated heterocycles. The molecule has 4 nitrogen and oxygen atoms in total. The minimum atomic E-state index is -0.425. The molecule has 2 aromatic rings. The summed E-state index contributed by atoms with van der Waals surface area (Å²) in [7, 11) is 0. The first-order chi connectivity index (χ1) is 9.54. The maximum absolute atomic E-state index is 12.8. The van der Waals surface area contributed by atoms with E-state index >= 15 is 0 Å². The van der Waals surface area contributed by atoms with Crippen molar-refractivity contribution in [1.82, 2.24) is 0 Å². The SMILES string of the molecule is CC(Cc1ccc(F)cc1)Nc1ccc([N+](=O)[O-])cc1. The van der Waals surface area contributed by atoms with E-state index < -0.39 is 4.92 Å². The van der Waals surface area contributed by atoms with E-state index in [1.165, 1.54) is 24.3 Å². The zero-order valence-electron chi connectivity index (χ0n) is 11.0. The molecule has 2 rings (SSSR count). The summed E-state index contributed by atoms with van der Waals surface area (Å²) in [6, 6.07) is 12.8. The topological polar surface area (TPSA) is 55.2 Å². The Hall–Kier alpha value is -2.43. The molecule has 0 spiro atoms. The van der Waals surface area contributed by atoms with Gasteiger partial charge in [-0.2, -0.15) is 0 Å². The maximum atomic E-state index is 12.8. The highest BCUT2D eigenvalue weighted by Gasteiger charge is 2.07. The standard InChI is InChI=1S/C15H15FN2O2/c1-11(10-12-2-4-13(16)5-3-12)17-14-6-8-15(9-7-14)18(19)20/h2-9,11,17H,10H2,1H3. The van der Waals surface area contributed by atoms with E-state index in [9.17, 15) is 14.5 Å². The molecule has 0 heterocycles. The number of nitrogens with one attached hydrogen (secondary N) is 1. The molecule has 0 bridgehead atoms. The molecule has 2 aromatic carbocycles. The van der Waals surface area contributed by atoms with Crippen LogP contribution in [-0.2, 0) is 6.42 Å². The van der Waals surface area contributed by atoms with E-state index in [1.807, 2.05) is 6.92 Å². The number of non-ortho nitro benzene ring substituents is 1. The second-order valence-corrected chi connectivity index (χ2v) is 4.68. The number of hydrogen-bond acceptors (Lipinski definition) is 3. The largest absolute Gasteiger partial charge is 0.382 e. The maximum Gasteiger partial charge on any atom is 0.269 e. The third-order valence-corrected chi connectivity index (χ3v) is 2.95. The molecule has 1 unspecified atom stereocenters. The minimum Gasteiger partial charge on any atom is -0.382 e. The number of hydrogen-bond donors (Lipinski definition) is 1. The van der Waals surface area contributed by atoms with Crippen molar-refractivity contribution < 1.29 is 9.31 Å². The van der Waals surface area contributed by atoms with Crippen molar-refractivity contribution in [2.75, 3.05) is 5.32 Å². The van der Waals surface area contributed by atoms with Crippen LogP contribution in [-0.4, -0.2) is 11.0 Å². The van der Waals surface area contributed by atoms with Gasteiger partial charge in [-0.25, -0.2) is 4.39 Å². The Morgan fingerprint density at radius 1 is 1.15 bits per heavy atom. The van der Waals surface area contributed by atoms with E-state index in [4.69, 9.17) is 0 Å². The summed E-state index contributed by atoms with van der Waals surface area (Å²) < 4.78 is 12.8. The molecule has 0 aliphatic heterocycles. The number of anilines is 1. The fourth-order valence-corrected chi connectivity index (χ4v) is 1.99.